The third-order valence-corrected chi connectivity index (χ3v) is 5.91. The van der Waals surface area contributed by atoms with Crippen LogP contribution in [0.15, 0.2) is 29.3 Å². The van der Waals surface area contributed by atoms with Crippen molar-refractivity contribution in [3.8, 4) is 0 Å². The number of nitrogens with zero attached hydrogens (tertiary/aromatic N) is 2. The maximum atomic E-state index is 6.27. The van der Waals surface area contributed by atoms with E-state index in [9.17, 15) is 0 Å². The Morgan fingerprint density at radius 2 is 2.19 bits per heavy atom. The monoisotopic (exact) mass is 507 g/mol. The second kappa shape index (κ2) is 10.8. The zero-order valence-corrected chi connectivity index (χ0v) is 19.3. The molecular weight excluding hydrogens is 477 g/mol. The number of hydrogen-bond acceptors (Lipinski definition) is 3. The highest BCUT2D eigenvalue weighted by Crippen LogP contribution is 2.35. The predicted molar refractivity (Wildman–Crippen MR) is 122 cm³/mol. The summed E-state index contributed by atoms with van der Waals surface area (Å²) in [5.74, 6) is 1.57. The van der Waals surface area contributed by atoms with E-state index in [1.165, 1.54) is 5.56 Å². The third-order valence-electron chi connectivity index (χ3n) is 5.67. The van der Waals surface area contributed by atoms with E-state index >= 15 is 0 Å². The molecule has 0 bridgehead atoms. The SMILES string of the molecule is CN=C(NCC1(c2cccc(Cl)c2)CCOCC1)N1CCC(COC)C1.I. The number of aliphatic imine (C=N–C) groups is 1. The van der Waals surface area contributed by atoms with Gasteiger partial charge < -0.3 is 19.7 Å². The average Bonchev–Trinajstić information content (AvgIpc) is 3.12. The fourth-order valence-corrected chi connectivity index (χ4v) is 4.32. The highest BCUT2D eigenvalue weighted by atomic mass is 127. The minimum absolute atomic E-state index is 0. The summed E-state index contributed by atoms with van der Waals surface area (Å²) in [4.78, 5) is 6.87. The van der Waals surface area contributed by atoms with Gasteiger partial charge in [0.05, 0.1) is 6.61 Å². The van der Waals surface area contributed by atoms with E-state index in [2.05, 4.69) is 27.3 Å². The summed E-state index contributed by atoms with van der Waals surface area (Å²) in [6.45, 7) is 5.26. The molecular formula is C20H31ClIN3O2. The largest absolute Gasteiger partial charge is 0.384 e. The first-order valence-electron chi connectivity index (χ1n) is 9.45. The molecule has 2 aliphatic rings. The lowest BCUT2D eigenvalue weighted by Gasteiger charge is -2.39. The van der Waals surface area contributed by atoms with Crippen molar-refractivity contribution in [2.45, 2.75) is 24.7 Å². The topological polar surface area (TPSA) is 46.1 Å². The van der Waals surface area contributed by atoms with E-state index in [1.807, 2.05) is 19.2 Å². The molecule has 0 radical (unpaired) electrons. The quantitative estimate of drug-likeness (QED) is 0.376. The van der Waals surface area contributed by atoms with Gasteiger partial charge in [0.1, 0.15) is 0 Å². The number of guanidine groups is 1. The molecule has 27 heavy (non-hydrogen) atoms. The summed E-state index contributed by atoms with van der Waals surface area (Å²) in [5.41, 5.74) is 1.32. The number of ether oxygens (including phenoxy) is 2. The molecule has 0 amide bonds. The first kappa shape index (κ1) is 22.7. The number of benzene rings is 1. The molecule has 1 N–H and O–H groups in total. The average molecular weight is 508 g/mol. The molecule has 0 aliphatic carbocycles. The van der Waals surface area contributed by atoms with E-state index in [-0.39, 0.29) is 29.4 Å². The molecule has 2 saturated heterocycles. The van der Waals surface area contributed by atoms with Crippen molar-refractivity contribution in [3.05, 3.63) is 34.9 Å². The Labute approximate surface area is 184 Å². The number of likely N-dealkylation sites (tertiary alicyclic amines) is 1. The number of halogens is 2. The van der Waals surface area contributed by atoms with Crippen LogP contribution in [0.5, 0.6) is 0 Å². The van der Waals surface area contributed by atoms with Crippen LogP contribution >= 0.6 is 35.6 Å². The lowest BCUT2D eigenvalue weighted by Crippen LogP contribution is -2.49. The molecule has 0 aromatic heterocycles. The van der Waals surface area contributed by atoms with Gasteiger partial charge in [0, 0.05) is 63.4 Å². The lowest BCUT2D eigenvalue weighted by atomic mass is 9.74. The Hall–Kier alpha value is -0.570. The highest BCUT2D eigenvalue weighted by Gasteiger charge is 2.35. The standard InChI is InChI=1S/C20H30ClN3O2.HI/c1-22-19(24-9-6-16(13-24)14-25-2)23-15-20(7-10-26-11-8-20)17-4-3-5-18(21)12-17;/h3-5,12,16H,6-11,13-15H2,1-2H3,(H,22,23);1H. The summed E-state index contributed by atoms with van der Waals surface area (Å²) in [5, 5.41) is 4.43. The zero-order chi connectivity index (χ0) is 18.4. The molecule has 0 saturated carbocycles. The van der Waals surface area contributed by atoms with Gasteiger partial charge in [-0.25, -0.2) is 0 Å². The van der Waals surface area contributed by atoms with Crippen LogP contribution < -0.4 is 5.32 Å². The second-order valence-corrected chi connectivity index (χ2v) is 7.80. The minimum Gasteiger partial charge on any atom is -0.384 e. The molecule has 2 fully saturated rings. The number of nitrogens with one attached hydrogen (secondary N) is 1. The molecule has 1 unspecified atom stereocenters. The van der Waals surface area contributed by atoms with Crippen LogP contribution in [-0.2, 0) is 14.9 Å². The van der Waals surface area contributed by atoms with Gasteiger partial charge in [-0.2, -0.15) is 0 Å². The Bertz CT molecular complexity index is 623. The van der Waals surface area contributed by atoms with Crippen molar-refractivity contribution in [2.24, 2.45) is 10.9 Å². The van der Waals surface area contributed by atoms with Crippen molar-refractivity contribution in [3.63, 3.8) is 0 Å². The van der Waals surface area contributed by atoms with Crippen LogP contribution in [0, 0.1) is 5.92 Å². The van der Waals surface area contributed by atoms with Gasteiger partial charge in [0.15, 0.2) is 5.96 Å². The first-order valence-corrected chi connectivity index (χ1v) is 9.83. The Balaban J connectivity index is 0.00000261. The van der Waals surface area contributed by atoms with Crippen molar-refractivity contribution < 1.29 is 9.47 Å². The van der Waals surface area contributed by atoms with Gasteiger partial charge in [0.2, 0.25) is 0 Å². The van der Waals surface area contributed by atoms with Crippen molar-refractivity contribution in [1.82, 2.24) is 10.2 Å². The number of hydrogen-bond donors (Lipinski definition) is 1. The van der Waals surface area contributed by atoms with Gasteiger partial charge >= 0.3 is 0 Å². The smallest absolute Gasteiger partial charge is 0.193 e. The van der Waals surface area contributed by atoms with Crippen LogP contribution in [0.3, 0.4) is 0 Å². The van der Waals surface area contributed by atoms with Crippen molar-refractivity contribution >= 4 is 41.5 Å². The van der Waals surface area contributed by atoms with Gasteiger partial charge in [-0.1, -0.05) is 23.7 Å². The summed E-state index contributed by atoms with van der Waals surface area (Å²) in [6.07, 6.45) is 3.13. The Kier molecular flexibility index (Phi) is 9.11. The normalized spacial score (nSPS) is 22.4. The van der Waals surface area contributed by atoms with Crippen LogP contribution in [0.2, 0.25) is 5.02 Å². The van der Waals surface area contributed by atoms with E-state index in [0.29, 0.717) is 5.92 Å². The molecule has 152 valence electrons. The van der Waals surface area contributed by atoms with Gasteiger partial charge in [-0.05, 0) is 37.0 Å². The summed E-state index contributed by atoms with van der Waals surface area (Å²) >= 11 is 6.27. The van der Waals surface area contributed by atoms with E-state index in [4.69, 9.17) is 21.1 Å². The number of methoxy groups -OCH3 is 1. The second-order valence-electron chi connectivity index (χ2n) is 7.36. The molecule has 1 aromatic carbocycles. The van der Waals surface area contributed by atoms with Crippen molar-refractivity contribution in [1.29, 1.82) is 0 Å². The third kappa shape index (κ3) is 5.71. The van der Waals surface area contributed by atoms with Crippen molar-refractivity contribution in [2.75, 3.05) is 53.6 Å². The Morgan fingerprint density at radius 1 is 1.41 bits per heavy atom. The van der Waals surface area contributed by atoms with Crippen LogP contribution in [0.4, 0.5) is 0 Å². The molecule has 0 spiro atoms. The molecule has 2 aliphatic heterocycles. The molecule has 5 nitrogen and oxygen atoms in total. The molecule has 1 aromatic rings. The highest BCUT2D eigenvalue weighted by molar-refractivity contribution is 14.0. The summed E-state index contributed by atoms with van der Waals surface area (Å²) in [6, 6.07) is 8.26. The van der Waals surface area contributed by atoms with Crippen LogP contribution in [0.25, 0.3) is 0 Å². The molecule has 1 atom stereocenters. The fourth-order valence-electron chi connectivity index (χ4n) is 4.13. The van der Waals surface area contributed by atoms with Gasteiger partial charge in [-0.15, -0.1) is 24.0 Å². The number of rotatable bonds is 5. The van der Waals surface area contributed by atoms with Gasteiger partial charge in [-0.3, -0.25) is 4.99 Å². The Morgan fingerprint density at radius 3 is 2.85 bits per heavy atom. The molecule has 7 heteroatoms. The molecule has 3 rings (SSSR count). The molecule has 2 heterocycles. The van der Waals surface area contributed by atoms with Crippen LogP contribution in [-0.4, -0.2) is 64.5 Å². The predicted octanol–water partition coefficient (Wildman–Crippen LogP) is 3.55. The minimum atomic E-state index is 0. The van der Waals surface area contributed by atoms with Gasteiger partial charge in [0.25, 0.3) is 0 Å². The van der Waals surface area contributed by atoms with E-state index in [1.54, 1.807) is 7.11 Å². The fraction of sp³-hybridized carbons (Fsp3) is 0.650. The zero-order valence-electron chi connectivity index (χ0n) is 16.2. The van der Waals surface area contributed by atoms with Crippen LogP contribution in [0.1, 0.15) is 24.8 Å². The lowest BCUT2D eigenvalue weighted by molar-refractivity contribution is 0.0512. The summed E-state index contributed by atoms with van der Waals surface area (Å²) < 4.78 is 10.9. The maximum Gasteiger partial charge on any atom is 0.193 e. The van der Waals surface area contributed by atoms with E-state index in [0.717, 1.165) is 69.7 Å². The summed E-state index contributed by atoms with van der Waals surface area (Å²) in [7, 11) is 3.64. The first-order chi connectivity index (χ1) is 12.7. The maximum absolute atomic E-state index is 6.27. The van der Waals surface area contributed by atoms with E-state index < -0.39 is 0 Å².